The molecule has 0 fully saturated rings. The van der Waals surface area contributed by atoms with Crippen molar-refractivity contribution in [1.82, 2.24) is 0 Å². The lowest BCUT2D eigenvalue weighted by atomic mass is 9.76. The fraction of sp³-hybridized carbons (Fsp3) is 0.222. The van der Waals surface area contributed by atoms with Crippen LogP contribution in [0.3, 0.4) is 0 Å². The maximum atomic E-state index is 2.39. The van der Waals surface area contributed by atoms with Crippen molar-refractivity contribution in [3.8, 4) is 0 Å². The molecule has 0 N–H and O–H groups in total. The van der Waals surface area contributed by atoms with E-state index in [1.54, 1.807) is 0 Å². The summed E-state index contributed by atoms with van der Waals surface area (Å²) >= 11 is 0. The molecule has 0 heterocycles. The largest absolute Gasteiger partial charge is 0.0754 e. The van der Waals surface area contributed by atoms with Gasteiger partial charge in [-0.2, -0.15) is 0 Å². The highest BCUT2D eigenvalue weighted by molar-refractivity contribution is 5.80. The normalized spacial score (nSPS) is 14.2. The van der Waals surface area contributed by atoms with Crippen LogP contribution in [0.4, 0.5) is 0 Å². The van der Waals surface area contributed by atoms with E-state index < -0.39 is 0 Å². The molecule has 1 aliphatic carbocycles. The van der Waals surface area contributed by atoms with E-state index in [4.69, 9.17) is 0 Å². The predicted molar refractivity (Wildman–Crippen MR) is 77.6 cm³/mol. The van der Waals surface area contributed by atoms with Gasteiger partial charge in [0.05, 0.1) is 0 Å². The zero-order valence-corrected chi connectivity index (χ0v) is 11.0. The van der Waals surface area contributed by atoms with Crippen molar-refractivity contribution < 1.29 is 0 Å². The summed E-state index contributed by atoms with van der Waals surface area (Å²) in [5.74, 6) is 0. The van der Waals surface area contributed by atoms with Crippen LogP contribution in [0.15, 0.2) is 60.7 Å². The Kier molecular flexibility index (Phi) is 2.59. The maximum Gasteiger partial charge on any atom is 0.0149 e. The predicted octanol–water partition coefficient (Wildman–Crippen LogP) is 4.60. The van der Waals surface area contributed by atoms with Crippen molar-refractivity contribution in [2.75, 3.05) is 0 Å². The van der Waals surface area contributed by atoms with E-state index in [9.17, 15) is 0 Å². The fourth-order valence-electron chi connectivity index (χ4n) is 2.89. The molecule has 18 heavy (non-hydrogen) atoms. The number of benzene rings is 2. The van der Waals surface area contributed by atoms with E-state index in [0.717, 1.165) is 6.42 Å². The first-order valence-electron chi connectivity index (χ1n) is 6.54. The summed E-state index contributed by atoms with van der Waals surface area (Å²) in [5.41, 5.74) is 5.80. The summed E-state index contributed by atoms with van der Waals surface area (Å²) in [7, 11) is 0. The Morgan fingerprint density at radius 3 is 2.28 bits per heavy atom. The van der Waals surface area contributed by atoms with Gasteiger partial charge < -0.3 is 0 Å². The van der Waals surface area contributed by atoms with Crippen molar-refractivity contribution in [1.29, 1.82) is 0 Å². The molecular formula is C18H18. The summed E-state index contributed by atoms with van der Waals surface area (Å²) < 4.78 is 0. The van der Waals surface area contributed by atoms with Crippen LogP contribution in [0.5, 0.6) is 0 Å². The number of fused-ring (bicyclic) bond motifs is 1. The summed E-state index contributed by atoms with van der Waals surface area (Å²) in [4.78, 5) is 0. The molecule has 0 nitrogen and oxygen atoms in total. The average molecular weight is 234 g/mol. The summed E-state index contributed by atoms with van der Waals surface area (Å²) in [6.45, 7) is 4.63. The molecule has 0 radical (unpaired) electrons. The van der Waals surface area contributed by atoms with Crippen LogP contribution in [-0.4, -0.2) is 0 Å². The smallest absolute Gasteiger partial charge is 0.0149 e. The van der Waals surface area contributed by atoms with Crippen molar-refractivity contribution in [2.24, 2.45) is 0 Å². The minimum absolute atomic E-state index is 0.0772. The molecule has 0 unspecified atom stereocenters. The second-order valence-corrected chi connectivity index (χ2v) is 5.47. The highest BCUT2D eigenvalue weighted by Crippen LogP contribution is 2.42. The lowest BCUT2D eigenvalue weighted by molar-refractivity contribution is 0.693. The Morgan fingerprint density at radius 1 is 0.833 bits per heavy atom. The fourth-order valence-corrected chi connectivity index (χ4v) is 2.89. The van der Waals surface area contributed by atoms with Crippen molar-refractivity contribution in [2.45, 2.75) is 25.7 Å². The Hall–Kier alpha value is -1.82. The molecule has 0 heteroatoms. The molecule has 3 rings (SSSR count). The first-order chi connectivity index (χ1) is 8.69. The van der Waals surface area contributed by atoms with Gasteiger partial charge in [-0.05, 0) is 28.7 Å². The van der Waals surface area contributed by atoms with Crippen molar-refractivity contribution in [3.05, 3.63) is 77.4 Å². The van der Waals surface area contributed by atoms with Gasteiger partial charge in [-0.3, -0.25) is 0 Å². The van der Waals surface area contributed by atoms with E-state index in [1.807, 2.05) is 0 Å². The molecule has 1 aliphatic rings. The van der Waals surface area contributed by atoms with Gasteiger partial charge in [0.15, 0.2) is 0 Å². The minimum atomic E-state index is 0.0772. The topological polar surface area (TPSA) is 0 Å². The van der Waals surface area contributed by atoms with Gasteiger partial charge in [0.2, 0.25) is 0 Å². The SMILES string of the molecule is CC(C)(C1=CCc2ccccc21)c1ccccc1. The van der Waals surface area contributed by atoms with Crippen LogP contribution >= 0.6 is 0 Å². The number of hydrogen-bond donors (Lipinski definition) is 0. The van der Waals surface area contributed by atoms with Crippen LogP contribution in [0, 0.1) is 0 Å². The zero-order valence-electron chi connectivity index (χ0n) is 11.0. The third kappa shape index (κ3) is 1.69. The van der Waals surface area contributed by atoms with Gasteiger partial charge in [0, 0.05) is 5.41 Å². The van der Waals surface area contributed by atoms with Crippen molar-refractivity contribution in [3.63, 3.8) is 0 Å². The van der Waals surface area contributed by atoms with Crippen LogP contribution < -0.4 is 0 Å². The van der Waals surface area contributed by atoms with E-state index >= 15 is 0 Å². The molecule has 0 aromatic heterocycles. The highest BCUT2D eigenvalue weighted by atomic mass is 14.3. The second kappa shape index (κ2) is 4.13. The molecular weight excluding hydrogens is 216 g/mol. The third-order valence-electron chi connectivity index (χ3n) is 4.00. The lowest BCUT2D eigenvalue weighted by Gasteiger charge is -2.28. The van der Waals surface area contributed by atoms with Crippen molar-refractivity contribution >= 4 is 5.57 Å². The van der Waals surface area contributed by atoms with E-state index in [-0.39, 0.29) is 5.41 Å². The first kappa shape index (κ1) is 11.3. The third-order valence-corrected chi connectivity index (χ3v) is 4.00. The van der Waals surface area contributed by atoms with E-state index in [0.29, 0.717) is 0 Å². The molecule has 0 saturated heterocycles. The number of hydrogen-bond acceptors (Lipinski definition) is 0. The first-order valence-corrected chi connectivity index (χ1v) is 6.54. The summed E-state index contributed by atoms with van der Waals surface area (Å²) in [6.07, 6.45) is 3.46. The summed E-state index contributed by atoms with van der Waals surface area (Å²) in [5, 5.41) is 0. The van der Waals surface area contributed by atoms with E-state index in [2.05, 4.69) is 74.5 Å². The van der Waals surface area contributed by atoms with Gasteiger partial charge in [-0.25, -0.2) is 0 Å². The maximum absolute atomic E-state index is 2.39. The Morgan fingerprint density at radius 2 is 1.50 bits per heavy atom. The molecule has 0 spiro atoms. The molecule has 0 saturated carbocycles. The highest BCUT2D eigenvalue weighted by Gasteiger charge is 2.29. The standard InChI is InChI=1S/C18H18/c1-18(2,15-9-4-3-5-10-15)17-13-12-14-8-6-7-11-16(14)17/h3-11,13H,12H2,1-2H3. The number of rotatable bonds is 2. The molecule has 2 aromatic carbocycles. The molecule has 0 aliphatic heterocycles. The second-order valence-electron chi connectivity index (χ2n) is 5.47. The molecule has 90 valence electrons. The summed E-state index contributed by atoms with van der Waals surface area (Å²) in [6, 6.07) is 19.5. The van der Waals surface area contributed by atoms with Crippen LogP contribution in [-0.2, 0) is 11.8 Å². The average Bonchev–Trinajstić information content (AvgIpc) is 2.84. The van der Waals surface area contributed by atoms with Gasteiger partial charge in [-0.1, -0.05) is 74.5 Å². The Labute approximate surface area is 109 Å². The molecule has 0 atom stereocenters. The lowest BCUT2D eigenvalue weighted by Crippen LogP contribution is -2.18. The molecule has 0 amide bonds. The van der Waals surface area contributed by atoms with Gasteiger partial charge in [0.25, 0.3) is 0 Å². The van der Waals surface area contributed by atoms with Gasteiger partial charge >= 0.3 is 0 Å². The minimum Gasteiger partial charge on any atom is -0.0754 e. The van der Waals surface area contributed by atoms with Gasteiger partial charge in [-0.15, -0.1) is 0 Å². The van der Waals surface area contributed by atoms with Crippen LogP contribution in [0.1, 0.15) is 30.5 Å². The molecule has 0 bridgehead atoms. The van der Waals surface area contributed by atoms with E-state index in [1.165, 1.54) is 22.3 Å². The number of allylic oxidation sites excluding steroid dienone is 2. The Balaban J connectivity index is 2.07. The quantitative estimate of drug-likeness (QED) is 0.712. The van der Waals surface area contributed by atoms with Crippen LogP contribution in [0.2, 0.25) is 0 Å². The van der Waals surface area contributed by atoms with Crippen LogP contribution in [0.25, 0.3) is 5.57 Å². The molecule has 2 aromatic rings. The monoisotopic (exact) mass is 234 g/mol. The zero-order chi connectivity index (χ0) is 12.6. The Bertz CT molecular complexity index is 588. The van der Waals surface area contributed by atoms with Gasteiger partial charge in [0.1, 0.15) is 0 Å².